The van der Waals surface area contributed by atoms with Crippen LogP contribution in [0.4, 0.5) is 4.39 Å². The zero-order valence-electron chi connectivity index (χ0n) is 16.0. The number of aliphatic hydroxyl groups is 1. The number of rotatable bonds is 10. The molecule has 0 unspecified atom stereocenters. The average molecular weight is 409 g/mol. The standard InChI is InChI=1S/C21H26ClFN2O3/c1-3-18(25-14(2)13-19(27)24-11-12-26)16-9-10-17(22)21(20(16)23)28-15-7-5-4-6-8-15/h4-10,14,18,25-26H,3,11-13H2,1-2H3,(H,24,27)/t14-,18+/m0/s1. The second-order valence-electron chi connectivity index (χ2n) is 6.50. The third kappa shape index (κ3) is 6.19. The molecular formula is C21H26ClFN2O3. The number of hydrogen-bond acceptors (Lipinski definition) is 4. The lowest BCUT2D eigenvalue weighted by Gasteiger charge is -2.24. The Morgan fingerprint density at radius 3 is 2.61 bits per heavy atom. The smallest absolute Gasteiger partial charge is 0.221 e. The van der Waals surface area contributed by atoms with Crippen molar-refractivity contribution in [3.8, 4) is 11.5 Å². The van der Waals surface area contributed by atoms with E-state index < -0.39 is 5.82 Å². The van der Waals surface area contributed by atoms with Crippen LogP contribution in [0.3, 0.4) is 0 Å². The van der Waals surface area contributed by atoms with E-state index in [4.69, 9.17) is 21.4 Å². The fourth-order valence-corrected chi connectivity index (χ4v) is 3.08. The van der Waals surface area contributed by atoms with Crippen molar-refractivity contribution < 1.29 is 19.0 Å². The van der Waals surface area contributed by atoms with Gasteiger partial charge in [-0.1, -0.05) is 42.8 Å². The van der Waals surface area contributed by atoms with Gasteiger partial charge in [0.25, 0.3) is 0 Å². The van der Waals surface area contributed by atoms with E-state index in [9.17, 15) is 4.79 Å². The molecule has 28 heavy (non-hydrogen) atoms. The molecule has 152 valence electrons. The fourth-order valence-electron chi connectivity index (χ4n) is 2.89. The van der Waals surface area contributed by atoms with Crippen LogP contribution < -0.4 is 15.4 Å². The predicted octanol–water partition coefficient (Wildman–Crippen LogP) is 4.20. The van der Waals surface area contributed by atoms with Crippen LogP contribution in [0.15, 0.2) is 42.5 Å². The number of amides is 1. The third-order valence-corrected chi connectivity index (χ3v) is 4.53. The summed E-state index contributed by atoms with van der Waals surface area (Å²) in [7, 11) is 0. The Balaban J connectivity index is 2.15. The molecule has 7 heteroatoms. The molecule has 1 amide bonds. The SMILES string of the molecule is CC[C@@H](N[C@@H](C)CC(=O)NCCO)c1ccc(Cl)c(Oc2ccccc2)c1F. The van der Waals surface area contributed by atoms with Gasteiger partial charge in [-0.25, -0.2) is 4.39 Å². The molecule has 2 aromatic carbocycles. The van der Waals surface area contributed by atoms with E-state index in [1.54, 1.807) is 36.4 Å². The largest absolute Gasteiger partial charge is 0.453 e. The van der Waals surface area contributed by atoms with Crippen LogP contribution in [0.25, 0.3) is 0 Å². The highest BCUT2D eigenvalue weighted by Crippen LogP contribution is 2.36. The van der Waals surface area contributed by atoms with Crippen LogP contribution >= 0.6 is 11.6 Å². The summed E-state index contributed by atoms with van der Waals surface area (Å²) in [6.07, 6.45) is 0.838. The summed E-state index contributed by atoms with van der Waals surface area (Å²) in [5.74, 6) is -0.212. The summed E-state index contributed by atoms with van der Waals surface area (Å²) in [4.78, 5) is 11.8. The van der Waals surface area contributed by atoms with Gasteiger partial charge in [-0.2, -0.15) is 0 Å². The molecule has 0 spiro atoms. The Hall–Kier alpha value is -2.15. The van der Waals surface area contributed by atoms with Crippen molar-refractivity contribution in [3.05, 3.63) is 58.9 Å². The summed E-state index contributed by atoms with van der Waals surface area (Å²) < 4.78 is 20.8. The van der Waals surface area contributed by atoms with Gasteiger partial charge in [-0.05, 0) is 31.5 Å². The molecular weight excluding hydrogens is 383 g/mol. The topological polar surface area (TPSA) is 70.6 Å². The van der Waals surface area contributed by atoms with Crippen molar-refractivity contribution in [2.75, 3.05) is 13.2 Å². The average Bonchev–Trinajstić information content (AvgIpc) is 2.69. The first-order valence-corrected chi connectivity index (χ1v) is 9.68. The lowest BCUT2D eigenvalue weighted by Crippen LogP contribution is -2.36. The lowest BCUT2D eigenvalue weighted by atomic mass is 10.0. The Bertz CT molecular complexity index is 774. The maximum atomic E-state index is 15.2. The summed E-state index contributed by atoms with van der Waals surface area (Å²) in [5.41, 5.74) is 0.431. The molecule has 0 aliphatic heterocycles. The van der Waals surface area contributed by atoms with Gasteiger partial charge in [0.2, 0.25) is 5.91 Å². The normalized spacial score (nSPS) is 13.0. The molecule has 0 aliphatic carbocycles. The van der Waals surface area contributed by atoms with Crippen molar-refractivity contribution in [2.24, 2.45) is 0 Å². The first-order valence-electron chi connectivity index (χ1n) is 9.30. The number of benzene rings is 2. The van der Waals surface area contributed by atoms with Gasteiger partial charge in [0.05, 0.1) is 11.6 Å². The quantitative estimate of drug-likeness (QED) is 0.551. The molecule has 2 aromatic rings. The Labute approximate surface area is 169 Å². The summed E-state index contributed by atoms with van der Waals surface area (Å²) in [6.45, 7) is 3.90. The number of hydrogen-bond donors (Lipinski definition) is 3. The molecule has 0 heterocycles. The van der Waals surface area contributed by atoms with Gasteiger partial charge in [0, 0.05) is 30.6 Å². The maximum Gasteiger partial charge on any atom is 0.221 e. The molecule has 0 fully saturated rings. The van der Waals surface area contributed by atoms with E-state index in [2.05, 4.69) is 10.6 Å². The minimum atomic E-state index is -0.521. The van der Waals surface area contributed by atoms with Crippen LogP contribution in [0, 0.1) is 5.82 Å². The third-order valence-electron chi connectivity index (χ3n) is 4.24. The van der Waals surface area contributed by atoms with E-state index in [1.165, 1.54) is 0 Å². The Kier molecular flexibility index (Phi) is 8.70. The van der Waals surface area contributed by atoms with Gasteiger partial charge in [-0.15, -0.1) is 0 Å². The number of halogens is 2. The van der Waals surface area contributed by atoms with Crippen molar-refractivity contribution in [3.63, 3.8) is 0 Å². The van der Waals surface area contributed by atoms with Crippen LogP contribution in [0.1, 0.15) is 38.3 Å². The molecule has 0 saturated carbocycles. The first kappa shape index (κ1) is 22.1. The highest BCUT2D eigenvalue weighted by Gasteiger charge is 2.22. The molecule has 0 aliphatic rings. The molecule has 2 atom stereocenters. The van der Waals surface area contributed by atoms with Gasteiger partial charge < -0.3 is 20.5 Å². The molecule has 0 radical (unpaired) electrons. The van der Waals surface area contributed by atoms with Gasteiger partial charge >= 0.3 is 0 Å². The van der Waals surface area contributed by atoms with E-state index in [0.29, 0.717) is 17.7 Å². The van der Waals surface area contributed by atoms with Crippen LogP contribution in [0.5, 0.6) is 11.5 Å². The maximum absolute atomic E-state index is 15.2. The van der Waals surface area contributed by atoms with Gasteiger partial charge in [-0.3, -0.25) is 4.79 Å². The molecule has 0 bridgehead atoms. The molecule has 2 rings (SSSR count). The summed E-state index contributed by atoms with van der Waals surface area (Å²) >= 11 is 6.16. The minimum Gasteiger partial charge on any atom is -0.453 e. The number of ether oxygens (including phenoxy) is 1. The van der Waals surface area contributed by atoms with E-state index >= 15 is 4.39 Å². The second-order valence-corrected chi connectivity index (χ2v) is 6.91. The van der Waals surface area contributed by atoms with Crippen LogP contribution in [-0.2, 0) is 4.79 Å². The van der Waals surface area contributed by atoms with Crippen molar-refractivity contribution in [1.82, 2.24) is 10.6 Å². The molecule has 0 saturated heterocycles. The first-order chi connectivity index (χ1) is 13.5. The summed E-state index contributed by atoms with van der Waals surface area (Å²) in [5, 5.41) is 14.9. The number of carbonyl (C=O) groups excluding carboxylic acids is 1. The van der Waals surface area contributed by atoms with E-state index in [-0.39, 0.29) is 48.3 Å². The van der Waals surface area contributed by atoms with Crippen LogP contribution in [0.2, 0.25) is 5.02 Å². The van der Waals surface area contributed by atoms with Crippen molar-refractivity contribution in [1.29, 1.82) is 0 Å². The van der Waals surface area contributed by atoms with E-state index in [0.717, 1.165) is 0 Å². The molecule has 3 N–H and O–H groups in total. The number of para-hydroxylation sites is 1. The second kappa shape index (κ2) is 11.0. The Morgan fingerprint density at radius 2 is 1.96 bits per heavy atom. The van der Waals surface area contributed by atoms with E-state index in [1.807, 2.05) is 19.9 Å². The van der Waals surface area contributed by atoms with Crippen LogP contribution in [-0.4, -0.2) is 30.2 Å². The molecule has 0 aromatic heterocycles. The predicted molar refractivity (Wildman–Crippen MR) is 108 cm³/mol. The number of aliphatic hydroxyl groups excluding tert-OH is 1. The van der Waals surface area contributed by atoms with Crippen molar-refractivity contribution in [2.45, 2.75) is 38.8 Å². The zero-order valence-corrected chi connectivity index (χ0v) is 16.8. The minimum absolute atomic E-state index is 0.0149. The number of nitrogens with one attached hydrogen (secondary N) is 2. The fraction of sp³-hybridized carbons (Fsp3) is 0.381. The number of carbonyl (C=O) groups is 1. The Morgan fingerprint density at radius 1 is 1.25 bits per heavy atom. The highest BCUT2D eigenvalue weighted by molar-refractivity contribution is 6.32. The zero-order chi connectivity index (χ0) is 20.5. The monoisotopic (exact) mass is 408 g/mol. The summed E-state index contributed by atoms with van der Waals surface area (Å²) in [6, 6.07) is 11.6. The molecule has 5 nitrogen and oxygen atoms in total. The van der Waals surface area contributed by atoms with Gasteiger partial charge in [0.1, 0.15) is 5.75 Å². The van der Waals surface area contributed by atoms with Gasteiger partial charge in [0.15, 0.2) is 11.6 Å². The lowest BCUT2D eigenvalue weighted by molar-refractivity contribution is -0.121. The van der Waals surface area contributed by atoms with Crippen molar-refractivity contribution >= 4 is 17.5 Å². The highest BCUT2D eigenvalue weighted by atomic mass is 35.5.